The molecule has 1 amide bonds. The van der Waals surface area contributed by atoms with E-state index < -0.39 is 12.6 Å². The number of hydrogen-bond acceptors (Lipinski definition) is 3. The summed E-state index contributed by atoms with van der Waals surface area (Å²) in [7, 11) is 0. The van der Waals surface area contributed by atoms with Crippen LogP contribution < -0.4 is 0 Å². The second-order valence-corrected chi connectivity index (χ2v) is 3.08. The SMILES string of the molecule is O=C(OC(O)F)N1CCCCCC1. The van der Waals surface area contributed by atoms with Crippen molar-refractivity contribution in [1.82, 2.24) is 4.90 Å². The van der Waals surface area contributed by atoms with Crippen molar-refractivity contribution in [2.24, 2.45) is 0 Å². The van der Waals surface area contributed by atoms with Gasteiger partial charge in [-0.15, -0.1) is 0 Å². The van der Waals surface area contributed by atoms with Gasteiger partial charge in [-0.25, -0.2) is 4.79 Å². The molecule has 0 bridgehead atoms. The van der Waals surface area contributed by atoms with Crippen molar-refractivity contribution in [3.8, 4) is 0 Å². The van der Waals surface area contributed by atoms with Crippen LogP contribution in [0.3, 0.4) is 0 Å². The van der Waals surface area contributed by atoms with Crippen LogP contribution >= 0.6 is 0 Å². The van der Waals surface area contributed by atoms with Crippen molar-refractivity contribution in [3.05, 3.63) is 0 Å². The van der Waals surface area contributed by atoms with Crippen LogP contribution in [0, 0.1) is 0 Å². The second kappa shape index (κ2) is 5.01. The molecule has 1 aliphatic rings. The predicted octanol–water partition coefficient (Wildman–Crippen LogP) is 1.24. The molecule has 1 atom stereocenters. The van der Waals surface area contributed by atoms with Crippen LogP contribution in [0.15, 0.2) is 0 Å². The maximum atomic E-state index is 11.9. The van der Waals surface area contributed by atoms with Gasteiger partial charge in [-0.05, 0) is 12.8 Å². The molecule has 5 heteroatoms. The zero-order valence-electron chi connectivity index (χ0n) is 7.41. The van der Waals surface area contributed by atoms with E-state index in [1.165, 1.54) is 4.90 Å². The Hall–Kier alpha value is -0.840. The van der Waals surface area contributed by atoms with Crippen LogP contribution in [0.25, 0.3) is 0 Å². The molecule has 0 aromatic heterocycles. The summed E-state index contributed by atoms with van der Waals surface area (Å²) in [4.78, 5) is 12.5. The Kier molecular flexibility index (Phi) is 3.95. The molecular weight excluding hydrogens is 177 g/mol. The lowest BCUT2D eigenvalue weighted by Crippen LogP contribution is -2.34. The van der Waals surface area contributed by atoms with E-state index >= 15 is 0 Å². The minimum Gasteiger partial charge on any atom is -0.390 e. The number of aliphatic hydroxyl groups is 1. The number of carbonyl (C=O) groups is 1. The number of amides is 1. The Balaban J connectivity index is 2.35. The summed E-state index contributed by atoms with van der Waals surface area (Å²) in [6, 6.07) is 0. The van der Waals surface area contributed by atoms with Crippen molar-refractivity contribution in [3.63, 3.8) is 0 Å². The van der Waals surface area contributed by atoms with Gasteiger partial charge in [0.05, 0.1) is 0 Å². The van der Waals surface area contributed by atoms with E-state index in [-0.39, 0.29) is 0 Å². The molecule has 0 aromatic rings. The first-order valence-electron chi connectivity index (χ1n) is 4.48. The number of halogens is 1. The van der Waals surface area contributed by atoms with Gasteiger partial charge in [-0.3, -0.25) is 0 Å². The van der Waals surface area contributed by atoms with Gasteiger partial charge in [0.15, 0.2) is 0 Å². The fraction of sp³-hybridized carbons (Fsp3) is 0.875. The molecule has 1 saturated heterocycles. The van der Waals surface area contributed by atoms with Crippen LogP contribution in [-0.2, 0) is 4.74 Å². The minimum absolute atomic E-state index is 0.589. The first-order chi connectivity index (χ1) is 6.20. The van der Waals surface area contributed by atoms with Gasteiger partial charge in [0.2, 0.25) is 0 Å². The molecule has 0 aliphatic carbocycles. The standard InChI is InChI=1S/C8H14FNO3/c9-7(11)13-8(12)10-5-3-1-2-4-6-10/h7,11H,1-6H2. The minimum atomic E-state index is -2.50. The molecule has 1 heterocycles. The van der Waals surface area contributed by atoms with E-state index in [0.717, 1.165) is 25.7 Å². The first kappa shape index (κ1) is 10.2. The lowest BCUT2D eigenvalue weighted by Gasteiger charge is -2.19. The molecule has 4 nitrogen and oxygen atoms in total. The van der Waals surface area contributed by atoms with E-state index in [0.29, 0.717) is 13.1 Å². The van der Waals surface area contributed by atoms with Crippen molar-refractivity contribution in [2.45, 2.75) is 32.2 Å². The van der Waals surface area contributed by atoms with Crippen molar-refractivity contribution < 1.29 is 19.0 Å². The smallest absolute Gasteiger partial charge is 0.390 e. The maximum absolute atomic E-state index is 11.9. The highest BCUT2D eigenvalue weighted by Crippen LogP contribution is 2.11. The summed E-state index contributed by atoms with van der Waals surface area (Å²) in [5.41, 5.74) is 0. The highest BCUT2D eigenvalue weighted by molar-refractivity contribution is 5.67. The number of alkyl halides is 1. The summed E-state index contributed by atoms with van der Waals surface area (Å²) in [6.45, 7) is -1.33. The zero-order valence-corrected chi connectivity index (χ0v) is 7.41. The lowest BCUT2D eigenvalue weighted by atomic mass is 10.2. The highest BCUT2D eigenvalue weighted by atomic mass is 19.2. The largest absolute Gasteiger partial charge is 0.414 e. The normalized spacial score (nSPS) is 20.6. The van der Waals surface area contributed by atoms with E-state index in [1.54, 1.807) is 0 Å². The monoisotopic (exact) mass is 191 g/mol. The third-order valence-corrected chi connectivity index (χ3v) is 2.06. The molecule has 1 rings (SSSR count). The molecule has 1 unspecified atom stereocenters. The number of ether oxygens (including phenoxy) is 1. The van der Waals surface area contributed by atoms with Crippen LogP contribution in [0.2, 0.25) is 0 Å². The number of hydrogen-bond donors (Lipinski definition) is 1. The molecular formula is C8H14FNO3. The Morgan fingerprint density at radius 1 is 1.31 bits per heavy atom. The number of carbonyl (C=O) groups excluding carboxylic acids is 1. The van der Waals surface area contributed by atoms with Gasteiger partial charge in [0.1, 0.15) is 0 Å². The summed E-state index contributed by atoms with van der Waals surface area (Å²) in [5, 5.41) is 8.19. The summed E-state index contributed by atoms with van der Waals surface area (Å²) >= 11 is 0. The average molecular weight is 191 g/mol. The topological polar surface area (TPSA) is 49.8 Å². The maximum Gasteiger partial charge on any atom is 0.414 e. The molecule has 1 fully saturated rings. The van der Waals surface area contributed by atoms with Gasteiger partial charge < -0.3 is 14.7 Å². The molecule has 0 spiro atoms. The number of rotatable bonds is 1. The van der Waals surface area contributed by atoms with Crippen LogP contribution in [-0.4, -0.2) is 35.7 Å². The van der Waals surface area contributed by atoms with Crippen LogP contribution in [0.5, 0.6) is 0 Å². The number of likely N-dealkylation sites (tertiary alicyclic amines) is 1. The van der Waals surface area contributed by atoms with E-state index in [2.05, 4.69) is 4.74 Å². The Labute approximate surface area is 76.3 Å². The Bertz CT molecular complexity index is 167. The number of aliphatic hydroxyl groups excluding tert-OH is 1. The van der Waals surface area contributed by atoms with E-state index in [4.69, 9.17) is 5.11 Å². The summed E-state index contributed by atoms with van der Waals surface area (Å²) in [6.07, 6.45) is 3.23. The van der Waals surface area contributed by atoms with Gasteiger partial charge >= 0.3 is 12.6 Å². The quantitative estimate of drug-likeness (QED) is 0.634. The first-order valence-corrected chi connectivity index (χ1v) is 4.48. The lowest BCUT2D eigenvalue weighted by molar-refractivity contribution is -0.150. The molecule has 1 N–H and O–H groups in total. The van der Waals surface area contributed by atoms with Crippen molar-refractivity contribution in [1.29, 1.82) is 0 Å². The molecule has 0 radical (unpaired) electrons. The zero-order chi connectivity index (χ0) is 9.68. The molecule has 0 saturated carbocycles. The predicted molar refractivity (Wildman–Crippen MR) is 43.6 cm³/mol. The third kappa shape index (κ3) is 3.59. The average Bonchev–Trinajstić information content (AvgIpc) is 2.29. The van der Waals surface area contributed by atoms with Crippen molar-refractivity contribution in [2.75, 3.05) is 13.1 Å². The summed E-state index contributed by atoms with van der Waals surface area (Å²) < 4.78 is 15.9. The number of nitrogens with zero attached hydrogens (tertiary/aromatic N) is 1. The third-order valence-electron chi connectivity index (χ3n) is 2.06. The van der Waals surface area contributed by atoms with Crippen LogP contribution in [0.1, 0.15) is 25.7 Å². The van der Waals surface area contributed by atoms with Gasteiger partial charge in [-0.1, -0.05) is 12.8 Å². The van der Waals surface area contributed by atoms with E-state index in [1.807, 2.05) is 0 Å². The Morgan fingerprint density at radius 3 is 2.31 bits per heavy atom. The van der Waals surface area contributed by atoms with Gasteiger partial charge in [0.25, 0.3) is 0 Å². The molecule has 0 aromatic carbocycles. The Morgan fingerprint density at radius 2 is 1.85 bits per heavy atom. The molecule has 1 aliphatic heterocycles. The highest BCUT2D eigenvalue weighted by Gasteiger charge is 2.18. The van der Waals surface area contributed by atoms with E-state index in [9.17, 15) is 9.18 Å². The van der Waals surface area contributed by atoms with Crippen LogP contribution in [0.4, 0.5) is 9.18 Å². The fourth-order valence-corrected chi connectivity index (χ4v) is 1.41. The molecule has 76 valence electrons. The van der Waals surface area contributed by atoms with Crippen molar-refractivity contribution >= 4 is 6.09 Å². The van der Waals surface area contributed by atoms with Gasteiger partial charge in [-0.2, -0.15) is 4.39 Å². The summed E-state index contributed by atoms with van der Waals surface area (Å²) in [5.74, 6) is 0. The fourth-order valence-electron chi connectivity index (χ4n) is 1.41. The second-order valence-electron chi connectivity index (χ2n) is 3.08. The van der Waals surface area contributed by atoms with Gasteiger partial charge in [0, 0.05) is 13.1 Å². The molecule has 13 heavy (non-hydrogen) atoms.